The maximum atomic E-state index is 3.24. The molecule has 0 atom stereocenters. The lowest BCUT2D eigenvalue weighted by molar-refractivity contribution is 0.350. The highest BCUT2D eigenvalue weighted by Gasteiger charge is 2.11. The van der Waals surface area contributed by atoms with Crippen LogP contribution >= 0.6 is 0 Å². The molecule has 1 aliphatic heterocycles. The highest BCUT2D eigenvalue weighted by molar-refractivity contribution is 4.66. The van der Waals surface area contributed by atoms with Gasteiger partial charge in [-0.1, -0.05) is 19.3 Å². The van der Waals surface area contributed by atoms with Gasteiger partial charge in [-0.3, -0.25) is 0 Å². The molecular formula is C12H27N3. The lowest BCUT2D eigenvalue weighted by atomic mass is 9.89. The summed E-state index contributed by atoms with van der Waals surface area (Å²) in [4.78, 5) is 0. The van der Waals surface area contributed by atoms with E-state index in [-0.39, 0.29) is 0 Å². The molecule has 2 rings (SSSR count). The largest absolute Gasteiger partial charge is 0.319 e. The van der Waals surface area contributed by atoms with E-state index in [0.717, 1.165) is 32.1 Å². The number of rotatable bonds is 2. The Balaban J connectivity index is 0.000000162. The van der Waals surface area contributed by atoms with E-state index in [1.807, 2.05) is 0 Å². The minimum atomic E-state index is 0.990. The average Bonchev–Trinajstić information content (AvgIpc) is 2.34. The van der Waals surface area contributed by atoms with Gasteiger partial charge in [-0.25, -0.2) is 0 Å². The molecule has 0 spiro atoms. The summed E-state index contributed by atoms with van der Waals surface area (Å²) in [6, 6.07) is 0. The van der Waals surface area contributed by atoms with Crippen molar-refractivity contribution in [1.29, 1.82) is 0 Å². The van der Waals surface area contributed by atoms with Crippen LogP contribution < -0.4 is 16.0 Å². The molecule has 3 heteroatoms. The van der Waals surface area contributed by atoms with Gasteiger partial charge in [0.1, 0.15) is 0 Å². The normalized spacial score (nSPS) is 23.0. The Kier molecular flexibility index (Phi) is 7.88. The molecule has 0 aromatic heterocycles. The van der Waals surface area contributed by atoms with Gasteiger partial charge < -0.3 is 16.0 Å². The molecule has 0 amide bonds. The second-order valence-corrected chi connectivity index (χ2v) is 4.56. The van der Waals surface area contributed by atoms with Crippen LogP contribution in [-0.2, 0) is 0 Å². The van der Waals surface area contributed by atoms with Gasteiger partial charge in [0.25, 0.3) is 0 Å². The quantitative estimate of drug-likeness (QED) is 0.639. The summed E-state index contributed by atoms with van der Waals surface area (Å²) in [6.45, 7) is 5.79. The van der Waals surface area contributed by atoms with E-state index in [4.69, 9.17) is 0 Å². The number of nitrogens with one attached hydrogen (secondary N) is 3. The van der Waals surface area contributed by atoms with Crippen LogP contribution in [-0.4, -0.2) is 39.8 Å². The Morgan fingerprint density at radius 2 is 1.47 bits per heavy atom. The van der Waals surface area contributed by atoms with Gasteiger partial charge in [-0.15, -0.1) is 0 Å². The molecule has 3 N–H and O–H groups in total. The van der Waals surface area contributed by atoms with E-state index in [9.17, 15) is 0 Å². The Morgan fingerprint density at radius 3 is 1.87 bits per heavy atom. The van der Waals surface area contributed by atoms with Crippen LogP contribution in [0.25, 0.3) is 0 Å². The lowest BCUT2D eigenvalue weighted by Crippen LogP contribution is -2.39. The molecule has 1 heterocycles. The molecule has 0 aromatic carbocycles. The van der Waals surface area contributed by atoms with E-state index < -0.39 is 0 Å². The van der Waals surface area contributed by atoms with Crippen molar-refractivity contribution < 1.29 is 0 Å². The molecule has 0 unspecified atom stereocenters. The van der Waals surface area contributed by atoms with Gasteiger partial charge in [0.2, 0.25) is 0 Å². The number of piperazine rings is 1. The molecule has 15 heavy (non-hydrogen) atoms. The third-order valence-electron chi connectivity index (χ3n) is 3.17. The van der Waals surface area contributed by atoms with Gasteiger partial charge in [0, 0.05) is 26.2 Å². The van der Waals surface area contributed by atoms with Crippen molar-refractivity contribution >= 4 is 0 Å². The van der Waals surface area contributed by atoms with Gasteiger partial charge in [-0.2, -0.15) is 0 Å². The third kappa shape index (κ3) is 6.88. The van der Waals surface area contributed by atoms with Crippen molar-refractivity contribution in [1.82, 2.24) is 16.0 Å². The highest BCUT2D eigenvalue weighted by atomic mass is 15.0. The number of hydrogen-bond acceptors (Lipinski definition) is 3. The molecule has 2 fully saturated rings. The van der Waals surface area contributed by atoms with E-state index >= 15 is 0 Å². The van der Waals surface area contributed by atoms with Crippen molar-refractivity contribution in [2.24, 2.45) is 5.92 Å². The molecule has 1 saturated carbocycles. The topological polar surface area (TPSA) is 36.1 Å². The van der Waals surface area contributed by atoms with Crippen molar-refractivity contribution in [2.75, 3.05) is 39.8 Å². The summed E-state index contributed by atoms with van der Waals surface area (Å²) in [7, 11) is 2.05. The molecule has 0 bridgehead atoms. The fraction of sp³-hybridized carbons (Fsp3) is 1.00. The van der Waals surface area contributed by atoms with Crippen LogP contribution in [0.2, 0.25) is 0 Å². The molecule has 0 aromatic rings. The summed E-state index contributed by atoms with van der Waals surface area (Å²) in [6.07, 6.45) is 7.32. The van der Waals surface area contributed by atoms with Crippen molar-refractivity contribution in [3.05, 3.63) is 0 Å². The van der Waals surface area contributed by atoms with Crippen molar-refractivity contribution in [3.8, 4) is 0 Å². The third-order valence-corrected chi connectivity index (χ3v) is 3.17. The van der Waals surface area contributed by atoms with Crippen LogP contribution in [0.3, 0.4) is 0 Å². The Hall–Kier alpha value is -0.120. The SMILES string of the molecule is C1CNCCN1.CNCC1CCCCC1. The Morgan fingerprint density at radius 1 is 0.933 bits per heavy atom. The summed E-state index contributed by atoms with van der Waals surface area (Å²) in [5, 5.41) is 9.68. The Bertz CT molecular complexity index is 115. The lowest BCUT2D eigenvalue weighted by Gasteiger charge is -2.20. The van der Waals surface area contributed by atoms with E-state index in [2.05, 4.69) is 23.0 Å². The standard InChI is InChI=1S/C8H17N.C4H10N2/c1-9-7-8-5-3-2-4-6-8;1-2-6-4-3-5-1/h8-9H,2-7H2,1H3;5-6H,1-4H2. The summed E-state index contributed by atoms with van der Waals surface area (Å²) >= 11 is 0. The van der Waals surface area contributed by atoms with E-state index in [1.165, 1.54) is 38.6 Å². The van der Waals surface area contributed by atoms with Crippen LogP contribution in [0.1, 0.15) is 32.1 Å². The zero-order chi connectivity index (χ0) is 10.8. The van der Waals surface area contributed by atoms with Crippen LogP contribution in [0, 0.1) is 5.92 Å². The van der Waals surface area contributed by atoms with Gasteiger partial charge in [-0.05, 0) is 32.4 Å². The van der Waals surface area contributed by atoms with Crippen molar-refractivity contribution in [2.45, 2.75) is 32.1 Å². The first-order chi connectivity index (χ1) is 7.43. The molecule has 1 saturated heterocycles. The minimum absolute atomic E-state index is 0.990. The van der Waals surface area contributed by atoms with Crippen LogP contribution in [0.5, 0.6) is 0 Å². The van der Waals surface area contributed by atoms with Gasteiger partial charge in [0.15, 0.2) is 0 Å². The second-order valence-electron chi connectivity index (χ2n) is 4.56. The predicted molar refractivity (Wildman–Crippen MR) is 66.2 cm³/mol. The molecule has 90 valence electrons. The monoisotopic (exact) mass is 213 g/mol. The minimum Gasteiger partial charge on any atom is -0.319 e. The second kappa shape index (κ2) is 9.13. The molecular weight excluding hydrogens is 186 g/mol. The van der Waals surface area contributed by atoms with Gasteiger partial charge in [0.05, 0.1) is 0 Å². The smallest absolute Gasteiger partial charge is 0.00772 e. The summed E-state index contributed by atoms with van der Waals surface area (Å²) in [5.74, 6) is 0.990. The predicted octanol–water partition coefficient (Wildman–Crippen LogP) is 0.965. The van der Waals surface area contributed by atoms with Crippen LogP contribution in [0.4, 0.5) is 0 Å². The molecule has 3 nitrogen and oxygen atoms in total. The molecule has 1 aliphatic carbocycles. The van der Waals surface area contributed by atoms with Crippen molar-refractivity contribution in [3.63, 3.8) is 0 Å². The zero-order valence-electron chi connectivity index (χ0n) is 10.1. The maximum Gasteiger partial charge on any atom is 0.00772 e. The van der Waals surface area contributed by atoms with E-state index in [0.29, 0.717) is 0 Å². The zero-order valence-corrected chi connectivity index (χ0v) is 10.1. The first kappa shape index (κ1) is 12.9. The highest BCUT2D eigenvalue weighted by Crippen LogP contribution is 2.22. The van der Waals surface area contributed by atoms with Gasteiger partial charge >= 0.3 is 0 Å². The average molecular weight is 213 g/mol. The fourth-order valence-corrected chi connectivity index (χ4v) is 2.28. The van der Waals surface area contributed by atoms with Crippen LogP contribution in [0.15, 0.2) is 0 Å². The van der Waals surface area contributed by atoms with E-state index in [1.54, 1.807) is 0 Å². The first-order valence-electron chi connectivity index (χ1n) is 6.49. The summed E-state index contributed by atoms with van der Waals surface area (Å²) in [5.41, 5.74) is 0. The fourth-order valence-electron chi connectivity index (χ4n) is 2.28. The number of hydrogen-bond donors (Lipinski definition) is 3. The Labute approximate surface area is 94.4 Å². The summed E-state index contributed by atoms with van der Waals surface area (Å²) < 4.78 is 0. The maximum absolute atomic E-state index is 3.24. The molecule has 0 radical (unpaired) electrons. The molecule has 2 aliphatic rings. The first-order valence-corrected chi connectivity index (χ1v) is 6.49.